The first-order valence-corrected chi connectivity index (χ1v) is 8.04. The van der Waals surface area contributed by atoms with Crippen molar-refractivity contribution in [3.05, 3.63) is 41.4 Å². The summed E-state index contributed by atoms with van der Waals surface area (Å²) in [5, 5.41) is 8.44. The third kappa shape index (κ3) is 4.27. The third-order valence-electron chi connectivity index (χ3n) is 2.84. The molecule has 0 saturated carbocycles. The number of amidine groups is 1. The van der Waals surface area contributed by atoms with E-state index in [2.05, 4.69) is 17.0 Å². The number of hydrazone groups is 1. The minimum Gasteiger partial charge on any atom is -0.489 e. The number of hydrogen-bond acceptors (Lipinski definition) is 5. The number of ether oxygens (including phenoxy) is 1. The average Bonchev–Trinajstić information content (AvgIpc) is 2.89. The van der Waals surface area contributed by atoms with Gasteiger partial charge < -0.3 is 10.1 Å². The largest absolute Gasteiger partial charge is 0.489 e. The van der Waals surface area contributed by atoms with Crippen molar-refractivity contribution in [2.45, 2.75) is 19.2 Å². The molecule has 122 valence electrons. The van der Waals surface area contributed by atoms with Crippen molar-refractivity contribution in [3.8, 4) is 5.75 Å². The maximum Gasteiger partial charge on any atom is 0.241 e. The van der Waals surface area contributed by atoms with Gasteiger partial charge in [0.25, 0.3) is 0 Å². The molecule has 1 N–H and O–H groups in total. The summed E-state index contributed by atoms with van der Waals surface area (Å²) >= 11 is 7.33. The van der Waals surface area contributed by atoms with Crippen LogP contribution in [0.15, 0.2) is 36.0 Å². The van der Waals surface area contributed by atoms with Crippen molar-refractivity contribution in [3.63, 3.8) is 0 Å². The zero-order valence-electron chi connectivity index (χ0n) is 12.7. The van der Waals surface area contributed by atoms with Gasteiger partial charge in [0.05, 0.1) is 0 Å². The second-order valence-electron chi connectivity index (χ2n) is 4.70. The SMILES string of the molecule is C=CCOc1ccc(Cl)cc1[C@H]1SC(NC(C)=O)=NN1C(C)=O. The average molecular weight is 354 g/mol. The van der Waals surface area contributed by atoms with Gasteiger partial charge in [-0.15, -0.1) is 5.10 Å². The second kappa shape index (κ2) is 7.52. The molecule has 0 unspecified atom stereocenters. The fourth-order valence-electron chi connectivity index (χ4n) is 1.96. The third-order valence-corrected chi connectivity index (χ3v) is 4.16. The molecule has 0 radical (unpaired) electrons. The van der Waals surface area contributed by atoms with Crippen LogP contribution in [0.25, 0.3) is 0 Å². The highest BCUT2D eigenvalue weighted by atomic mass is 35.5. The van der Waals surface area contributed by atoms with Crippen LogP contribution in [0, 0.1) is 0 Å². The molecule has 8 heteroatoms. The van der Waals surface area contributed by atoms with Crippen LogP contribution < -0.4 is 10.1 Å². The lowest BCUT2D eigenvalue weighted by Gasteiger charge is -2.22. The van der Waals surface area contributed by atoms with Crippen LogP contribution in [0.3, 0.4) is 0 Å². The Morgan fingerprint density at radius 1 is 1.52 bits per heavy atom. The zero-order chi connectivity index (χ0) is 17.0. The number of nitrogens with one attached hydrogen (secondary N) is 1. The van der Waals surface area contributed by atoms with E-state index in [0.29, 0.717) is 28.1 Å². The Morgan fingerprint density at radius 3 is 2.87 bits per heavy atom. The van der Waals surface area contributed by atoms with E-state index >= 15 is 0 Å². The molecule has 0 saturated heterocycles. The Labute approximate surface area is 143 Å². The molecule has 6 nitrogen and oxygen atoms in total. The Kier molecular flexibility index (Phi) is 5.68. The number of halogens is 1. The van der Waals surface area contributed by atoms with E-state index in [9.17, 15) is 9.59 Å². The van der Waals surface area contributed by atoms with E-state index in [1.807, 2.05) is 0 Å². The smallest absolute Gasteiger partial charge is 0.241 e. The fourth-order valence-corrected chi connectivity index (χ4v) is 3.29. The van der Waals surface area contributed by atoms with Gasteiger partial charge in [-0.05, 0) is 18.2 Å². The van der Waals surface area contributed by atoms with Crippen LogP contribution in [0.4, 0.5) is 0 Å². The van der Waals surface area contributed by atoms with Crippen molar-refractivity contribution in [2.75, 3.05) is 6.61 Å². The van der Waals surface area contributed by atoms with Crippen molar-refractivity contribution < 1.29 is 14.3 Å². The van der Waals surface area contributed by atoms with Crippen molar-refractivity contribution in [2.24, 2.45) is 5.10 Å². The number of carbonyl (C=O) groups excluding carboxylic acids is 2. The van der Waals surface area contributed by atoms with Gasteiger partial charge in [-0.1, -0.05) is 36.0 Å². The molecule has 1 aliphatic rings. The van der Waals surface area contributed by atoms with E-state index in [4.69, 9.17) is 16.3 Å². The van der Waals surface area contributed by atoms with Crippen molar-refractivity contribution in [1.82, 2.24) is 10.3 Å². The highest BCUT2D eigenvalue weighted by Gasteiger charge is 2.34. The maximum atomic E-state index is 11.9. The van der Waals surface area contributed by atoms with Gasteiger partial charge in [-0.2, -0.15) is 0 Å². The molecule has 23 heavy (non-hydrogen) atoms. The number of nitrogens with zero attached hydrogens (tertiary/aromatic N) is 2. The van der Waals surface area contributed by atoms with Gasteiger partial charge in [0, 0.05) is 24.4 Å². The molecular weight excluding hydrogens is 338 g/mol. The Balaban J connectivity index is 2.36. The van der Waals surface area contributed by atoms with Gasteiger partial charge in [0.15, 0.2) is 5.17 Å². The molecule has 1 aromatic rings. The zero-order valence-corrected chi connectivity index (χ0v) is 14.3. The molecule has 1 atom stereocenters. The van der Waals surface area contributed by atoms with E-state index in [-0.39, 0.29) is 11.8 Å². The summed E-state index contributed by atoms with van der Waals surface area (Å²) < 4.78 is 5.63. The summed E-state index contributed by atoms with van der Waals surface area (Å²) in [4.78, 5) is 23.1. The van der Waals surface area contributed by atoms with Crippen LogP contribution >= 0.6 is 23.4 Å². The normalized spacial score (nSPS) is 16.7. The van der Waals surface area contributed by atoms with Gasteiger partial charge in [0.1, 0.15) is 17.7 Å². The molecule has 2 amide bonds. The van der Waals surface area contributed by atoms with Gasteiger partial charge in [-0.3, -0.25) is 9.59 Å². The van der Waals surface area contributed by atoms with Crippen molar-refractivity contribution in [1.29, 1.82) is 0 Å². The predicted octanol–water partition coefficient (Wildman–Crippen LogP) is 2.91. The van der Waals surface area contributed by atoms with Crippen LogP contribution in [0.2, 0.25) is 5.02 Å². The number of benzene rings is 1. The number of amides is 2. The lowest BCUT2D eigenvalue weighted by atomic mass is 10.2. The molecule has 0 fully saturated rings. The predicted molar refractivity (Wildman–Crippen MR) is 91.2 cm³/mol. The van der Waals surface area contributed by atoms with E-state index in [1.54, 1.807) is 24.3 Å². The highest BCUT2D eigenvalue weighted by molar-refractivity contribution is 8.14. The first kappa shape index (κ1) is 17.4. The Bertz CT molecular complexity index is 678. The molecular formula is C15H16ClN3O3S. The first-order chi connectivity index (χ1) is 10.9. The number of rotatable bonds is 4. The standard InChI is InChI=1S/C15H16ClN3O3S/c1-4-7-22-13-6-5-11(16)8-12(13)14-19(10(3)21)18-15(23-14)17-9(2)20/h4-6,8,14H,1,7H2,2-3H3,(H,17,18,20)/t14-/m1/s1. The topological polar surface area (TPSA) is 71.0 Å². The molecule has 1 aliphatic heterocycles. The molecule has 1 aromatic carbocycles. The minimum absolute atomic E-state index is 0.252. The van der Waals surface area contributed by atoms with E-state index < -0.39 is 5.37 Å². The van der Waals surface area contributed by atoms with E-state index in [0.717, 1.165) is 0 Å². The van der Waals surface area contributed by atoms with Crippen LogP contribution in [0.1, 0.15) is 24.8 Å². The monoisotopic (exact) mass is 353 g/mol. The quantitative estimate of drug-likeness (QED) is 0.845. The first-order valence-electron chi connectivity index (χ1n) is 6.78. The second-order valence-corrected chi connectivity index (χ2v) is 6.21. The molecule has 1 heterocycles. The lowest BCUT2D eigenvalue weighted by Crippen LogP contribution is -2.25. The molecule has 0 spiro atoms. The summed E-state index contributed by atoms with van der Waals surface area (Å²) in [5.74, 6) is 0.0736. The van der Waals surface area contributed by atoms with Crippen molar-refractivity contribution >= 4 is 40.3 Å². The fraction of sp³-hybridized carbons (Fsp3) is 0.267. The summed E-state index contributed by atoms with van der Waals surface area (Å²) in [7, 11) is 0. The summed E-state index contributed by atoms with van der Waals surface area (Å²) in [6.07, 6.45) is 1.63. The summed E-state index contributed by atoms with van der Waals surface area (Å²) in [6.45, 7) is 6.73. The maximum absolute atomic E-state index is 11.9. The Hall–Kier alpha value is -1.99. The highest BCUT2D eigenvalue weighted by Crippen LogP contribution is 2.43. The minimum atomic E-state index is -0.465. The van der Waals surface area contributed by atoms with E-state index in [1.165, 1.54) is 30.6 Å². The summed E-state index contributed by atoms with van der Waals surface area (Å²) in [6, 6.07) is 5.16. The number of thioether (sulfide) groups is 1. The molecule has 2 rings (SSSR count). The van der Waals surface area contributed by atoms with Crippen LogP contribution in [0.5, 0.6) is 5.75 Å². The van der Waals surface area contributed by atoms with Gasteiger partial charge in [-0.25, -0.2) is 5.01 Å². The molecule has 0 bridgehead atoms. The number of hydrogen-bond donors (Lipinski definition) is 1. The molecule has 0 aromatic heterocycles. The molecule has 0 aliphatic carbocycles. The van der Waals surface area contributed by atoms with Crippen LogP contribution in [-0.2, 0) is 9.59 Å². The summed E-state index contributed by atoms with van der Waals surface area (Å²) in [5.41, 5.74) is 0.698. The number of carbonyl (C=O) groups is 2. The van der Waals surface area contributed by atoms with Gasteiger partial charge >= 0.3 is 0 Å². The van der Waals surface area contributed by atoms with Crippen LogP contribution in [-0.4, -0.2) is 28.6 Å². The Morgan fingerprint density at radius 2 is 2.26 bits per heavy atom. The van der Waals surface area contributed by atoms with Gasteiger partial charge in [0.2, 0.25) is 11.8 Å². The lowest BCUT2D eigenvalue weighted by molar-refractivity contribution is -0.129.